The molecule has 0 saturated carbocycles. The SMILES string of the molecule is COCCCN1CC(=O)N2C(c3cccc([NH+]([O-])O)c3)c3[nH]c4ccccc4c3C[C@H]2C1=O. The number of rotatable bonds is 6. The molecule has 2 aliphatic rings. The van der Waals surface area contributed by atoms with Gasteiger partial charge in [-0.1, -0.05) is 30.3 Å². The van der Waals surface area contributed by atoms with Gasteiger partial charge in [-0.25, -0.2) is 5.21 Å². The van der Waals surface area contributed by atoms with Crippen LogP contribution >= 0.6 is 0 Å². The molecule has 0 aliphatic carbocycles. The molecule has 33 heavy (non-hydrogen) atoms. The first-order valence-electron chi connectivity index (χ1n) is 11.0. The molecule has 9 nitrogen and oxygen atoms in total. The lowest BCUT2D eigenvalue weighted by atomic mass is 9.86. The van der Waals surface area contributed by atoms with Gasteiger partial charge in [-0.05, 0) is 23.6 Å². The summed E-state index contributed by atoms with van der Waals surface area (Å²) in [5.74, 6) is -0.229. The summed E-state index contributed by atoms with van der Waals surface area (Å²) in [7, 11) is 1.61. The molecule has 1 saturated heterocycles. The van der Waals surface area contributed by atoms with Gasteiger partial charge >= 0.3 is 0 Å². The molecule has 1 fully saturated rings. The minimum absolute atomic E-state index is 0.00370. The Morgan fingerprint density at radius 2 is 2.03 bits per heavy atom. The smallest absolute Gasteiger partial charge is 0.246 e. The molecule has 1 aromatic heterocycles. The number of carbonyl (C=O) groups excluding carboxylic acids is 2. The fraction of sp³-hybridized carbons (Fsp3) is 0.333. The summed E-state index contributed by atoms with van der Waals surface area (Å²) in [5.41, 5.74) is 3.57. The summed E-state index contributed by atoms with van der Waals surface area (Å²) >= 11 is 0. The van der Waals surface area contributed by atoms with E-state index in [9.17, 15) is 20.0 Å². The Bertz CT molecular complexity index is 1210. The Morgan fingerprint density at radius 3 is 2.82 bits per heavy atom. The number of H-pyrrole nitrogens is 1. The number of nitrogens with one attached hydrogen (secondary N) is 2. The summed E-state index contributed by atoms with van der Waals surface area (Å²) in [4.78, 5) is 33.6. The first kappa shape index (κ1) is 21.6. The number of piperazine rings is 1. The molecule has 3 aromatic rings. The number of hydrogen-bond donors (Lipinski definition) is 3. The Morgan fingerprint density at radius 1 is 1.21 bits per heavy atom. The van der Waals surface area contributed by atoms with E-state index in [1.165, 1.54) is 6.07 Å². The van der Waals surface area contributed by atoms with Crippen molar-refractivity contribution in [3.8, 4) is 0 Å². The molecule has 172 valence electrons. The summed E-state index contributed by atoms with van der Waals surface area (Å²) in [5, 5.41) is 21.1. The van der Waals surface area contributed by atoms with Gasteiger partial charge in [-0.15, -0.1) is 0 Å². The zero-order chi connectivity index (χ0) is 23.1. The standard InChI is InChI=1S/C24H26N4O5/c1-33-11-5-10-26-14-21(29)27-20(24(26)30)13-18-17-8-2-3-9-19(17)25-22(18)23(27)15-6-4-7-16(12-15)28(31)32/h2-4,6-9,12,20,23,25,28,31H,5,10-11,13-14H2,1H3/t20-,23?/m0/s1. The highest BCUT2D eigenvalue weighted by Gasteiger charge is 2.48. The zero-order valence-corrected chi connectivity index (χ0v) is 18.3. The lowest BCUT2D eigenvalue weighted by molar-refractivity contribution is -0.991. The third-order valence-electron chi connectivity index (χ3n) is 6.57. The minimum atomic E-state index is -1.04. The molecule has 2 aromatic carbocycles. The predicted octanol–water partition coefficient (Wildman–Crippen LogP) is 1.29. The molecule has 5 rings (SSSR count). The molecular weight excluding hydrogens is 424 g/mol. The highest BCUT2D eigenvalue weighted by Crippen LogP contribution is 2.42. The van der Waals surface area contributed by atoms with Gasteiger partial charge < -0.3 is 24.7 Å². The highest BCUT2D eigenvalue weighted by molar-refractivity contribution is 5.97. The predicted molar refractivity (Wildman–Crippen MR) is 120 cm³/mol. The second kappa shape index (κ2) is 8.60. The lowest BCUT2D eigenvalue weighted by Gasteiger charge is -2.47. The van der Waals surface area contributed by atoms with E-state index in [0.29, 0.717) is 31.6 Å². The maximum atomic E-state index is 13.5. The summed E-state index contributed by atoms with van der Waals surface area (Å²) in [6, 6.07) is 13.3. The normalized spacial score (nSPS) is 21.3. The second-order valence-electron chi connectivity index (χ2n) is 8.52. The van der Waals surface area contributed by atoms with Gasteiger partial charge in [-0.3, -0.25) is 9.59 Å². The number of para-hydroxylation sites is 1. The van der Waals surface area contributed by atoms with Crippen molar-refractivity contribution in [2.75, 3.05) is 26.8 Å². The number of benzene rings is 2. The van der Waals surface area contributed by atoms with Gasteiger partial charge in [0.05, 0.1) is 12.6 Å². The fourth-order valence-electron chi connectivity index (χ4n) is 5.10. The van der Waals surface area contributed by atoms with Crippen LogP contribution in [-0.2, 0) is 20.7 Å². The molecule has 2 unspecified atom stereocenters. The van der Waals surface area contributed by atoms with Crippen molar-refractivity contribution in [1.82, 2.24) is 14.8 Å². The fourth-order valence-corrected chi connectivity index (χ4v) is 5.10. The Labute approximate surface area is 190 Å². The zero-order valence-electron chi connectivity index (χ0n) is 18.3. The molecule has 3 N–H and O–H groups in total. The number of hydrogen-bond acceptors (Lipinski definition) is 5. The molecule has 2 amide bonds. The molecule has 0 spiro atoms. The van der Waals surface area contributed by atoms with Crippen molar-refractivity contribution in [3.05, 3.63) is 70.6 Å². The topological polar surface area (TPSA) is 113 Å². The van der Waals surface area contributed by atoms with Crippen LogP contribution < -0.4 is 5.23 Å². The summed E-state index contributed by atoms with van der Waals surface area (Å²) < 4.78 is 5.11. The highest BCUT2D eigenvalue weighted by atomic mass is 16.8. The van der Waals surface area contributed by atoms with E-state index in [4.69, 9.17) is 4.74 Å². The molecule has 3 atom stereocenters. The Hall–Kier alpha value is -3.24. The van der Waals surface area contributed by atoms with E-state index >= 15 is 0 Å². The van der Waals surface area contributed by atoms with Crippen molar-refractivity contribution < 1.29 is 24.8 Å². The Balaban J connectivity index is 1.63. The van der Waals surface area contributed by atoms with Crippen molar-refractivity contribution >= 4 is 28.4 Å². The number of carbonyl (C=O) groups is 2. The van der Waals surface area contributed by atoms with E-state index in [0.717, 1.165) is 22.2 Å². The third kappa shape index (κ3) is 3.68. The van der Waals surface area contributed by atoms with E-state index < -0.39 is 17.3 Å². The van der Waals surface area contributed by atoms with Gasteiger partial charge in [0.15, 0.2) is 5.69 Å². The van der Waals surface area contributed by atoms with Crippen molar-refractivity contribution in [2.24, 2.45) is 0 Å². The Kier molecular flexibility index (Phi) is 5.63. The third-order valence-corrected chi connectivity index (χ3v) is 6.57. The van der Waals surface area contributed by atoms with E-state index in [-0.39, 0.29) is 24.0 Å². The van der Waals surface area contributed by atoms with Crippen LogP contribution in [0, 0.1) is 5.21 Å². The minimum Gasteiger partial charge on any atom is -0.595 e. The average Bonchev–Trinajstić information content (AvgIpc) is 3.19. The second-order valence-corrected chi connectivity index (χ2v) is 8.52. The van der Waals surface area contributed by atoms with Gasteiger partial charge in [0.2, 0.25) is 11.8 Å². The first-order valence-corrected chi connectivity index (χ1v) is 11.0. The number of fused-ring (bicyclic) bond motifs is 4. The summed E-state index contributed by atoms with van der Waals surface area (Å²) in [6.45, 7) is 0.982. The summed E-state index contributed by atoms with van der Waals surface area (Å²) in [6.07, 6.45) is 1.07. The van der Waals surface area contributed by atoms with Crippen LogP contribution in [-0.4, -0.2) is 64.7 Å². The average molecular weight is 450 g/mol. The van der Waals surface area contributed by atoms with Crippen LogP contribution in [0.2, 0.25) is 0 Å². The maximum absolute atomic E-state index is 13.5. The molecule has 0 radical (unpaired) electrons. The monoisotopic (exact) mass is 450 g/mol. The van der Waals surface area contributed by atoms with Gasteiger partial charge in [0, 0.05) is 55.4 Å². The van der Waals surface area contributed by atoms with Crippen molar-refractivity contribution in [1.29, 1.82) is 0 Å². The number of methoxy groups -OCH3 is 1. The number of quaternary nitrogens is 1. The number of nitrogens with zero attached hydrogens (tertiary/aromatic N) is 2. The van der Waals surface area contributed by atoms with E-state index in [1.54, 1.807) is 29.0 Å². The van der Waals surface area contributed by atoms with Crippen molar-refractivity contribution in [2.45, 2.75) is 24.9 Å². The van der Waals surface area contributed by atoms with E-state index in [2.05, 4.69) is 4.98 Å². The molecular formula is C24H26N4O5. The molecule has 9 heteroatoms. The quantitative estimate of drug-likeness (QED) is 0.387. The van der Waals surface area contributed by atoms with Crippen LogP contribution in [0.3, 0.4) is 0 Å². The largest absolute Gasteiger partial charge is 0.595 e. The van der Waals surface area contributed by atoms with Crippen LogP contribution in [0.25, 0.3) is 10.9 Å². The van der Waals surface area contributed by atoms with Gasteiger partial charge in [-0.2, -0.15) is 5.23 Å². The maximum Gasteiger partial charge on any atom is 0.246 e. The number of aromatic nitrogens is 1. The first-order chi connectivity index (χ1) is 16.0. The molecule has 0 bridgehead atoms. The number of amides is 2. The van der Waals surface area contributed by atoms with Crippen LogP contribution in [0.4, 0.5) is 5.69 Å². The van der Waals surface area contributed by atoms with E-state index in [1.807, 2.05) is 30.3 Å². The van der Waals surface area contributed by atoms with Gasteiger partial charge in [0.1, 0.15) is 6.04 Å². The lowest BCUT2D eigenvalue weighted by Crippen LogP contribution is -2.99. The molecule has 2 aliphatic heterocycles. The van der Waals surface area contributed by atoms with Crippen LogP contribution in [0.5, 0.6) is 0 Å². The van der Waals surface area contributed by atoms with Crippen LogP contribution in [0.15, 0.2) is 48.5 Å². The molecule has 3 heterocycles. The number of aromatic amines is 1. The van der Waals surface area contributed by atoms with Crippen molar-refractivity contribution in [3.63, 3.8) is 0 Å². The van der Waals surface area contributed by atoms with Crippen LogP contribution in [0.1, 0.15) is 29.3 Å². The number of ether oxygens (including phenoxy) is 1. The van der Waals surface area contributed by atoms with Gasteiger partial charge in [0.25, 0.3) is 0 Å².